The summed E-state index contributed by atoms with van der Waals surface area (Å²) in [5.74, 6) is -0.649. The van der Waals surface area contributed by atoms with Crippen molar-refractivity contribution in [2.24, 2.45) is 0 Å². The molecule has 6 aromatic rings. The lowest BCUT2D eigenvalue weighted by molar-refractivity contribution is -0.231. The van der Waals surface area contributed by atoms with Gasteiger partial charge in [0, 0.05) is 11.1 Å². The van der Waals surface area contributed by atoms with Gasteiger partial charge >= 0.3 is 5.63 Å². The summed E-state index contributed by atoms with van der Waals surface area (Å²) in [5, 5.41) is 43.6. The fraction of sp³-hybridized carbons (Fsp3) is 0.143. The molecule has 1 aliphatic heterocycles. The molecule has 0 aliphatic carbocycles. The first-order valence-corrected chi connectivity index (χ1v) is 16.5. The third-order valence-corrected chi connectivity index (χ3v) is 9.09. The van der Waals surface area contributed by atoms with Crippen molar-refractivity contribution >= 4 is 33.7 Å². The number of carbonyl (C=O) groups is 1. The van der Waals surface area contributed by atoms with Crippen LogP contribution in [0.5, 0.6) is 0 Å². The van der Waals surface area contributed by atoms with Gasteiger partial charge in [0.25, 0.3) is 5.91 Å². The van der Waals surface area contributed by atoms with Gasteiger partial charge in [-0.15, -0.1) is 0 Å². The van der Waals surface area contributed by atoms with E-state index in [0.717, 1.165) is 33.4 Å². The highest BCUT2D eigenvalue weighted by molar-refractivity contribution is 6.07. The number of aliphatic hydroxyl groups excluding tert-OH is 4. The monoisotopic (exact) mass is 681 g/mol. The van der Waals surface area contributed by atoms with E-state index in [-0.39, 0.29) is 11.1 Å². The van der Waals surface area contributed by atoms with Gasteiger partial charge in [0.2, 0.25) is 0 Å². The Labute approximate surface area is 293 Å². The molecule has 1 fully saturated rings. The molecule has 256 valence electrons. The minimum atomic E-state index is -1.56. The van der Waals surface area contributed by atoms with Gasteiger partial charge in [-0.2, -0.15) is 0 Å². The molecule has 1 saturated heterocycles. The molecule has 5 aromatic carbocycles. The molecule has 7 rings (SSSR count). The summed E-state index contributed by atoms with van der Waals surface area (Å²) in [6.45, 7) is -0.571. The van der Waals surface area contributed by atoms with Gasteiger partial charge in [-0.25, -0.2) is 4.79 Å². The summed E-state index contributed by atoms with van der Waals surface area (Å²) in [6.07, 6.45) is -6.74. The Morgan fingerprint density at radius 2 is 1.16 bits per heavy atom. The molecular formula is C42H35NO8. The van der Waals surface area contributed by atoms with Gasteiger partial charge in [-0.1, -0.05) is 115 Å². The number of fused-ring (bicyclic) bond motifs is 1. The van der Waals surface area contributed by atoms with Crippen molar-refractivity contribution in [1.82, 2.24) is 0 Å². The van der Waals surface area contributed by atoms with Gasteiger partial charge < -0.3 is 34.9 Å². The summed E-state index contributed by atoms with van der Waals surface area (Å²) < 4.78 is 11.1. The van der Waals surface area contributed by atoms with Crippen LogP contribution in [0.1, 0.15) is 44.3 Å². The van der Waals surface area contributed by atoms with Gasteiger partial charge in [0.05, 0.1) is 6.61 Å². The highest BCUT2D eigenvalue weighted by atomic mass is 16.5. The van der Waals surface area contributed by atoms with Crippen molar-refractivity contribution in [3.05, 3.63) is 183 Å². The van der Waals surface area contributed by atoms with E-state index in [1.807, 2.05) is 66.7 Å². The molecule has 5 atom stereocenters. The predicted octanol–water partition coefficient (Wildman–Crippen LogP) is 5.57. The van der Waals surface area contributed by atoms with Crippen molar-refractivity contribution < 1.29 is 34.4 Å². The van der Waals surface area contributed by atoms with Crippen molar-refractivity contribution in [2.45, 2.75) is 30.5 Å². The average Bonchev–Trinajstić information content (AvgIpc) is 3.17. The maximum Gasteiger partial charge on any atom is 0.349 e. The zero-order valence-electron chi connectivity index (χ0n) is 27.3. The Morgan fingerprint density at radius 3 is 1.69 bits per heavy atom. The Kier molecular flexibility index (Phi) is 9.72. The van der Waals surface area contributed by atoms with Gasteiger partial charge in [0.1, 0.15) is 41.7 Å². The Morgan fingerprint density at radius 1 is 0.627 bits per heavy atom. The van der Waals surface area contributed by atoms with Crippen molar-refractivity contribution in [3.8, 4) is 0 Å². The quantitative estimate of drug-likeness (QED) is 0.104. The molecule has 9 nitrogen and oxygen atoms in total. The number of rotatable bonds is 8. The fourth-order valence-corrected chi connectivity index (χ4v) is 6.48. The first-order chi connectivity index (χ1) is 24.8. The van der Waals surface area contributed by atoms with Crippen LogP contribution in [0.2, 0.25) is 0 Å². The molecule has 2 heterocycles. The number of carbonyl (C=O) groups excluding carboxylic acids is 1. The molecule has 0 bridgehead atoms. The SMILES string of the molecule is O=C(Nc1ccc(C(=C(c2ccccc2)c2ccccc2)c2ccccc2)cc1)c1cc2ccc([C@@H]3O[C@H](CO)[C@H](O)[C@H](O)[C@H]3O)cc2oc1=O. The Hall–Kier alpha value is -5.68. The van der Waals surface area contributed by atoms with E-state index in [1.165, 1.54) is 12.1 Å². The third-order valence-electron chi connectivity index (χ3n) is 9.09. The van der Waals surface area contributed by atoms with E-state index in [0.29, 0.717) is 16.6 Å². The number of nitrogens with one attached hydrogen (secondary N) is 1. The van der Waals surface area contributed by atoms with E-state index < -0.39 is 48.7 Å². The molecule has 1 aromatic heterocycles. The molecule has 0 saturated carbocycles. The first-order valence-electron chi connectivity index (χ1n) is 16.5. The highest BCUT2D eigenvalue weighted by Crippen LogP contribution is 2.37. The van der Waals surface area contributed by atoms with Crippen LogP contribution < -0.4 is 10.9 Å². The van der Waals surface area contributed by atoms with E-state index in [1.54, 1.807) is 24.3 Å². The van der Waals surface area contributed by atoms with Crippen LogP contribution in [0.4, 0.5) is 5.69 Å². The Bertz CT molecular complexity index is 2190. The standard InChI is InChI=1S/C42H35NO8/c44-24-34-37(45)38(46)39(47)40(50-34)30-17-16-29-22-32(42(49)51-33(29)23-30)41(48)43-31-20-18-28(19-21-31)36(27-14-8-3-9-15-27)35(25-10-4-1-5-11-25)26-12-6-2-7-13-26/h1-23,34,37-40,44-47H,24H2,(H,43,48)/t34-,37+,38+,39-,40+/m1/s1. The minimum Gasteiger partial charge on any atom is -0.422 e. The van der Waals surface area contributed by atoms with E-state index in [9.17, 15) is 30.0 Å². The maximum absolute atomic E-state index is 13.4. The molecular weight excluding hydrogens is 646 g/mol. The summed E-state index contributed by atoms with van der Waals surface area (Å²) in [4.78, 5) is 26.4. The summed E-state index contributed by atoms with van der Waals surface area (Å²) in [7, 11) is 0. The van der Waals surface area contributed by atoms with E-state index in [4.69, 9.17) is 9.15 Å². The number of hydrogen-bond donors (Lipinski definition) is 5. The normalized spacial score (nSPS) is 20.1. The lowest BCUT2D eigenvalue weighted by Crippen LogP contribution is -2.55. The van der Waals surface area contributed by atoms with Crippen LogP contribution in [0, 0.1) is 0 Å². The molecule has 0 spiro atoms. The van der Waals surface area contributed by atoms with Crippen molar-refractivity contribution in [2.75, 3.05) is 11.9 Å². The van der Waals surface area contributed by atoms with E-state index in [2.05, 4.69) is 41.7 Å². The topological polar surface area (TPSA) is 149 Å². The van der Waals surface area contributed by atoms with Gasteiger partial charge in [-0.05, 0) is 63.2 Å². The average molecular weight is 682 g/mol. The lowest BCUT2D eigenvalue weighted by atomic mass is 9.86. The second-order valence-corrected chi connectivity index (χ2v) is 12.4. The van der Waals surface area contributed by atoms with Crippen LogP contribution in [0.25, 0.3) is 22.1 Å². The number of anilines is 1. The lowest BCUT2D eigenvalue weighted by Gasteiger charge is -2.40. The third kappa shape index (κ3) is 6.89. The molecule has 51 heavy (non-hydrogen) atoms. The molecule has 0 radical (unpaired) electrons. The number of aliphatic hydroxyl groups is 4. The van der Waals surface area contributed by atoms with Crippen molar-refractivity contribution in [1.29, 1.82) is 0 Å². The fourth-order valence-electron chi connectivity index (χ4n) is 6.48. The number of amides is 1. The minimum absolute atomic E-state index is 0.128. The number of ether oxygens (including phenoxy) is 1. The van der Waals surface area contributed by atoms with Crippen LogP contribution >= 0.6 is 0 Å². The van der Waals surface area contributed by atoms with Gasteiger partial charge in [-0.3, -0.25) is 4.79 Å². The molecule has 0 unspecified atom stereocenters. The summed E-state index contributed by atoms with van der Waals surface area (Å²) >= 11 is 0. The predicted molar refractivity (Wildman–Crippen MR) is 194 cm³/mol. The van der Waals surface area contributed by atoms with Crippen LogP contribution in [0.15, 0.2) is 149 Å². The molecule has 1 aliphatic rings. The van der Waals surface area contributed by atoms with Crippen molar-refractivity contribution in [3.63, 3.8) is 0 Å². The van der Waals surface area contributed by atoms with Gasteiger partial charge in [0.15, 0.2) is 0 Å². The summed E-state index contributed by atoms with van der Waals surface area (Å²) in [5.41, 5.74) is 6.05. The smallest absolute Gasteiger partial charge is 0.349 e. The Balaban J connectivity index is 1.18. The zero-order chi connectivity index (χ0) is 35.5. The first kappa shape index (κ1) is 33.8. The summed E-state index contributed by atoms with van der Waals surface area (Å²) in [6, 6.07) is 44.0. The number of hydrogen-bond acceptors (Lipinski definition) is 8. The second-order valence-electron chi connectivity index (χ2n) is 12.4. The maximum atomic E-state index is 13.4. The number of benzene rings is 5. The van der Waals surface area contributed by atoms with Crippen LogP contribution in [0.3, 0.4) is 0 Å². The van der Waals surface area contributed by atoms with E-state index >= 15 is 0 Å². The molecule has 5 N–H and O–H groups in total. The molecule has 1 amide bonds. The second kappa shape index (κ2) is 14.7. The van der Waals surface area contributed by atoms with Crippen LogP contribution in [-0.4, -0.2) is 57.4 Å². The molecule has 9 heteroatoms. The van der Waals surface area contributed by atoms with Crippen LogP contribution in [-0.2, 0) is 4.74 Å². The zero-order valence-corrected chi connectivity index (χ0v) is 27.3. The largest absolute Gasteiger partial charge is 0.422 e. The highest BCUT2D eigenvalue weighted by Gasteiger charge is 2.44.